The first-order valence-corrected chi connectivity index (χ1v) is 11.6. The van der Waals surface area contributed by atoms with Crippen LogP contribution in [0.4, 0.5) is 0 Å². The van der Waals surface area contributed by atoms with Crippen molar-refractivity contribution in [3.63, 3.8) is 0 Å². The van der Waals surface area contributed by atoms with E-state index in [1.165, 1.54) is 56.9 Å². The molecule has 2 aromatic carbocycles. The molecule has 0 heterocycles. The Kier molecular flexibility index (Phi) is 8.34. The van der Waals surface area contributed by atoms with Crippen molar-refractivity contribution in [2.75, 3.05) is 6.61 Å². The zero-order valence-electron chi connectivity index (χ0n) is 18.2. The van der Waals surface area contributed by atoms with E-state index in [1.807, 2.05) is 31.2 Å². The number of carbonyl (C=O) groups is 1. The van der Waals surface area contributed by atoms with Crippen LogP contribution >= 0.6 is 0 Å². The van der Waals surface area contributed by atoms with E-state index in [9.17, 15) is 4.79 Å². The van der Waals surface area contributed by atoms with Crippen LogP contribution in [0.1, 0.15) is 93.5 Å². The molecule has 0 aliphatic heterocycles. The zero-order chi connectivity index (χ0) is 20.5. The minimum absolute atomic E-state index is 0.211. The fourth-order valence-corrected chi connectivity index (χ4v) is 4.59. The lowest BCUT2D eigenvalue weighted by atomic mass is 9.76. The van der Waals surface area contributed by atoms with Crippen molar-refractivity contribution >= 4 is 5.97 Å². The van der Waals surface area contributed by atoms with E-state index < -0.39 is 0 Å². The number of rotatable bonds is 9. The van der Waals surface area contributed by atoms with Gasteiger partial charge in [-0.25, -0.2) is 4.79 Å². The molecule has 1 saturated carbocycles. The van der Waals surface area contributed by atoms with Gasteiger partial charge in [0.15, 0.2) is 0 Å². The molecular weight excluding hydrogens is 356 g/mol. The molecule has 0 radical (unpaired) electrons. The number of carbonyl (C=O) groups excluding carboxylic acids is 1. The molecule has 0 unspecified atom stereocenters. The van der Waals surface area contributed by atoms with Gasteiger partial charge in [0.25, 0.3) is 0 Å². The van der Waals surface area contributed by atoms with Gasteiger partial charge in [-0.05, 0) is 66.7 Å². The first-order chi connectivity index (χ1) is 14.2. The van der Waals surface area contributed by atoms with Gasteiger partial charge in [-0.2, -0.15) is 0 Å². The summed E-state index contributed by atoms with van der Waals surface area (Å²) < 4.78 is 5.45. The van der Waals surface area contributed by atoms with Crippen LogP contribution < -0.4 is 0 Å². The van der Waals surface area contributed by atoms with Crippen molar-refractivity contribution in [2.45, 2.75) is 77.6 Å². The summed E-state index contributed by atoms with van der Waals surface area (Å²) in [4.78, 5) is 12.6. The molecule has 0 bridgehead atoms. The number of hydrogen-bond donors (Lipinski definition) is 0. The van der Waals surface area contributed by atoms with Crippen molar-refractivity contribution in [1.82, 2.24) is 0 Å². The summed E-state index contributed by atoms with van der Waals surface area (Å²) >= 11 is 0. The van der Waals surface area contributed by atoms with Crippen molar-refractivity contribution < 1.29 is 9.53 Å². The van der Waals surface area contributed by atoms with Crippen LogP contribution in [0.5, 0.6) is 0 Å². The van der Waals surface area contributed by atoms with Gasteiger partial charge in [0, 0.05) is 0 Å². The first kappa shape index (κ1) is 21.6. The van der Waals surface area contributed by atoms with Crippen molar-refractivity contribution in [3.8, 4) is 11.1 Å². The van der Waals surface area contributed by atoms with Crippen LogP contribution in [0.2, 0.25) is 0 Å². The highest BCUT2D eigenvalue weighted by molar-refractivity contribution is 5.97. The number of esters is 1. The molecule has 3 rings (SSSR count). The lowest BCUT2D eigenvalue weighted by molar-refractivity contribution is 0.0506. The molecule has 29 heavy (non-hydrogen) atoms. The molecule has 1 aliphatic rings. The summed E-state index contributed by atoms with van der Waals surface area (Å²) in [6.45, 7) is 4.77. The van der Waals surface area contributed by atoms with Gasteiger partial charge in [0.1, 0.15) is 0 Å². The summed E-state index contributed by atoms with van der Waals surface area (Å²) in [6, 6.07) is 16.7. The normalized spacial score (nSPS) is 19.1. The third-order valence-corrected chi connectivity index (χ3v) is 6.32. The molecule has 0 N–H and O–H groups in total. The highest BCUT2D eigenvalue weighted by Gasteiger charge is 2.24. The highest BCUT2D eigenvalue weighted by Crippen LogP contribution is 2.39. The van der Waals surface area contributed by atoms with Crippen LogP contribution in [-0.2, 0) is 4.74 Å². The molecule has 2 heteroatoms. The predicted molar refractivity (Wildman–Crippen MR) is 121 cm³/mol. The van der Waals surface area contributed by atoms with Gasteiger partial charge >= 0.3 is 5.97 Å². The van der Waals surface area contributed by atoms with E-state index in [1.54, 1.807) is 0 Å². The predicted octanol–water partition coefficient (Wildman–Crippen LogP) is 7.77. The van der Waals surface area contributed by atoms with Crippen LogP contribution in [0.15, 0.2) is 48.5 Å². The summed E-state index contributed by atoms with van der Waals surface area (Å²) in [5.74, 6) is 1.31. The average Bonchev–Trinajstić information content (AvgIpc) is 2.78. The third-order valence-electron chi connectivity index (χ3n) is 6.32. The largest absolute Gasteiger partial charge is 0.462 e. The van der Waals surface area contributed by atoms with E-state index in [-0.39, 0.29) is 5.97 Å². The van der Waals surface area contributed by atoms with E-state index in [4.69, 9.17) is 4.74 Å². The number of ether oxygens (including phenoxy) is 1. The minimum Gasteiger partial charge on any atom is -0.462 e. The summed E-state index contributed by atoms with van der Waals surface area (Å²) in [5.41, 5.74) is 4.16. The Morgan fingerprint density at radius 1 is 0.931 bits per heavy atom. The molecule has 0 aromatic heterocycles. The molecule has 0 atom stereocenters. The summed E-state index contributed by atoms with van der Waals surface area (Å²) in [7, 11) is 0. The Hall–Kier alpha value is -2.09. The monoisotopic (exact) mass is 392 g/mol. The quantitative estimate of drug-likeness (QED) is 0.322. The van der Waals surface area contributed by atoms with Crippen molar-refractivity contribution in [1.29, 1.82) is 0 Å². The lowest BCUT2D eigenvalue weighted by Gasteiger charge is -2.29. The van der Waals surface area contributed by atoms with E-state index >= 15 is 0 Å². The van der Waals surface area contributed by atoms with Gasteiger partial charge < -0.3 is 4.74 Å². The molecule has 2 aromatic rings. The maximum absolute atomic E-state index is 12.6. The number of unbranched alkanes of at least 4 members (excludes halogenated alkanes) is 2. The Bertz CT molecular complexity index is 757. The van der Waals surface area contributed by atoms with Gasteiger partial charge in [0.05, 0.1) is 12.2 Å². The van der Waals surface area contributed by atoms with Crippen LogP contribution in [0.25, 0.3) is 11.1 Å². The summed E-state index contributed by atoms with van der Waals surface area (Å²) in [6.07, 6.45) is 11.5. The first-order valence-electron chi connectivity index (χ1n) is 11.6. The number of benzene rings is 2. The van der Waals surface area contributed by atoms with Gasteiger partial charge in [0.2, 0.25) is 0 Å². The second-order valence-corrected chi connectivity index (χ2v) is 8.52. The molecule has 156 valence electrons. The third kappa shape index (κ3) is 5.95. The molecule has 0 amide bonds. The van der Waals surface area contributed by atoms with Crippen molar-refractivity contribution in [2.24, 2.45) is 5.92 Å². The van der Waals surface area contributed by atoms with Crippen molar-refractivity contribution in [3.05, 3.63) is 59.7 Å². The Balaban J connectivity index is 1.76. The SMILES string of the molecule is CCCCCC1CCC(c2ccc(C(=O)OCCC)c(-c3ccccc3)c2)CC1. The smallest absolute Gasteiger partial charge is 0.338 e. The fraction of sp³-hybridized carbons (Fsp3) is 0.519. The molecule has 1 fully saturated rings. The van der Waals surface area contributed by atoms with Crippen LogP contribution in [-0.4, -0.2) is 12.6 Å². The average molecular weight is 393 g/mol. The lowest BCUT2D eigenvalue weighted by Crippen LogP contribution is -2.14. The second-order valence-electron chi connectivity index (χ2n) is 8.52. The molecule has 0 spiro atoms. The molecule has 0 saturated heterocycles. The summed E-state index contributed by atoms with van der Waals surface area (Å²) in [5, 5.41) is 0. The topological polar surface area (TPSA) is 26.3 Å². The van der Waals surface area contributed by atoms with Crippen LogP contribution in [0.3, 0.4) is 0 Å². The standard InChI is InChI=1S/C27H36O2/c1-3-5-7-10-21-13-15-22(16-14-21)24-17-18-25(27(28)29-19-4-2)26(20-24)23-11-8-6-9-12-23/h6,8-9,11-12,17-18,20-22H,3-5,7,10,13-16,19H2,1-2H3. The maximum atomic E-state index is 12.6. The minimum atomic E-state index is -0.211. The molecular formula is C27H36O2. The van der Waals surface area contributed by atoms with E-state index in [0.717, 1.165) is 23.5 Å². The number of hydrogen-bond acceptors (Lipinski definition) is 2. The molecule has 2 nitrogen and oxygen atoms in total. The van der Waals surface area contributed by atoms with Gasteiger partial charge in [-0.3, -0.25) is 0 Å². The van der Waals surface area contributed by atoms with Gasteiger partial charge in [-0.1, -0.05) is 82.0 Å². The van der Waals surface area contributed by atoms with Crippen LogP contribution in [0, 0.1) is 5.92 Å². The molecule has 1 aliphatic carbocycles. The fourth-order valence-electron chi connectivity index (χ4n) is 4.59. The Labute approximate surface area is 176 Å². The van der Waals surface area contributed by atoms with E-state index in [0.29, 0.717) is 18.1 Å². The second kappa shape index (κ2) is 11.2. The maximum Gasteiger partial charge on any atom is 0.338 e. The Morgan fingerprint density at radius 3 is 2.38 bits per heavy atom. The highest BCUT2D eigenvalue weighted by atomic mass is 16.5. The van der Waals surface area contributed by atoms with E-state index in [2.05, 4.69) is 31.2 Å². The Morgan fingerprint density at radius 2 is 1.69 bits per heavy atom. The van der Waals surface area contributed by atoms with Gasteiger partial charge in [-0.15, -0.1) is 0 Å². The zero-order valence-corrected chi connectivity index (χ0v) is 18.2.